The molecule has 0 atom stereocenters. The van der Waals surface area contributed by atoms with Gasteiger partial charge in [0.1, 0.15) is 9.39 Å². The molecule has 54 valence electrons. The standard InChI is InChI=1S/C5H3F2IN2/c6-5(7)3-1-10-4(8)2-9-3/h1-2,5H. The van der Waals surface area contributed by atoms with Crippen LogP contribution >= 0.6 is 22.6 Å². The average molecular weight is 256 g/mol. The van der Waals surface area contributed by atoms with Crippen molar-refractivity contribution in [2.75, 3.05) is 0 Å². The summed E-state index contributed by atoms with van der Waals surface area (Å²) in [5.41, 5.74) is -0.277. The van der Waals surface area contributed by atoms with E-state index in [4.69, 9.17) is 0 Å². The molecule has 0 radical (unpaired) electrons. The molecule has 10 heavy (non-hydrogen) atoms. The Morgan fingerprint density at radius 1 is 1.30 bits per heavy atom. The number of rotatable bonds is 1. The molecule has 5 heteroatoms. The van der Waals surface area contributed by atoms with Crippen LogP contribution in [0, 0.1) is 3.70 Å². The fourth-order valence-corrected chi connectivity index (χ4v) is 0.713. The molecule has 0 bridgehead atoms. The van der Waals surface area contributed by atoms with Gasteiger partial charge in [0.05, 0.1) is 12.4 Å². The first-order valence-corrected chi connectivity index (χ1v) is 3.53. The van der Waals surface area contributed by atoms with Gasteiger partial charge in [0.15, 0.2) is 0 Å². The fraction of sp³-hybridized carbons (Fsp3) is 0.200. The lowest BCUT2D eigenvalue weighted by Crippen LogP contribution is -1.91. The van der Waals surface area contributed by atoms with E-state index in [0.29, 0.717) is 3.70 Å². The van der Waals surface area contributed by atoms with E-state index < -0.39 is 6.43 Å². The van der Waals surface area contributed by atoms with Crippen LogP contribution in [0.25, 0.3) is 0 Å². The van der Waals surface area contributed by atoms with Gasteiger partial charge < -0.3 is 0 Å². The summed E-state index contributed by atoms with van der Waals surface area (Å²) in [6.07, 6.45) is -0.140. The van der Waals surface area contributed by atoms with Crippen molar-refractivity contribution in [1.29, 1.82) is 0 Å². The minimum Gasteiger partial charge on any atom is -0.251 e. The summed E-state index contributed by atoms with van der Waals surface area (Å²) in [5, 5.41) is 0. The van der Waals surface area contributed by atoms with Crippen molar-refractivity contribution in [3.63, 3.8) is 0 Å². The van der Waals surface area contributed by atoms with Crippen molar-refractivity contribution >= 4 is 22.6 Å². The van der Waals surface area contributed by atoms with Gasteiger partial charge in [0, 0.05) is 0 Å². The third-order valence-electron chi connectivity index (χ3n) is 0.864. The zero-order chi connectivity index (χ0) is 7.56. The maximum atomic E-state index is 11.8. The Kier molecular flexibility index (Phi) is 2.47. The van der Waals surface area contributed by atoms with E-state index >= 15 is 0 Å². The number of nitrogens with zero attached hydrogens (tertiary/aromatic N) is 2. The third-order valence-corrected chi connectivity index (χ3v) is 1.42. The maximum Gasteiger partial charge on any atom is 0.281 e. The van der Waals surface area contributed by atoms with Gasteiger partial charge in [-0.05, 0) is 22.6 Å². The summed E-state index contributed by atoms with van der Waals surface area (Å²) in [6.45, 7) is 0. The van der Waals surface area contributed by atoms with Gasteiger partial charge in [-0.25, -0.2) is 13.8 Å². The summed E-state index contributed by atoms with van der Waals surface area (Å²) < 4.78 is 24.2. The highest BCUT2D eigenvalue weighted by Crippen LogP contribution is 2.14. The van der Waals surface area contributed by atoms with Crippen LogP contribution in [-0.4, -0.2) is 9.97 Å². The van der Waals surface area contributed by atoms with Crippen molar-refractivity contribution in [2.24, 2.45) is 0 Å². The third kappa shape index (κ3) is 1.83. The lowest BCUT2D eigenvalue weighted by molar-refractivity contribution is 0.145. The Morgan fingerprint density at radius 3 is 2.40 bits per heavy atom. The summed E-state index contributed by atoms with van der Waals surface area (Å²) >= 11 is 1.90. The van der Waals surface area contributed by atoms with Crippen LogP contribution in [0.15, 0.2) is 12.4 Å². The molecule has 1 rings (SSSR count). The number of hydrogen-bond donors (Lipinski definition) is 0. The molecule has 0 saturated heterocycles. The van der Waals surface area contributed by atoms with Gasteiger partial charge in [-0.15, -0.1) is 0 Å². The van der Waals surface area contributed by atoms with Crippen molar-refractivity contribution in [2.45, 2.75) is 6.43 Å². The first-order chi connectivity index (χ1) is 4.70. The van der Waals surface area contributed by atoms with Crippen LogP contribution in [-0.2, 0) is 0 Å². The van der Waals surface area contributed by atoms with Gasteiger partial charge in [-0.2, -0.15) is 0 Å². The molecule has 0 unspecified atom stereocenters. The van der Waals surface area contributed by atoms with Crippen LogP contribution in [0.1, 0.15) is 12.1 Å². The minimum absolute atomic E-state index is 0.277. The largest absolute Gasteiger partial charge is 0.281 e. The molecule has 0 saturated carbocycles. The first kappa shape index (κ1) is 7.77. The van der Waals surface area contributed by atoms with E-state index in [0.717, 1.165) is 6.20 Å². The van der Waals surface area contributed by atoms with Crippen LogP contribution < -0.4 is 0 Å². The smallest absolute Gasteiger partial charge is 0.251 e. The Labute approximate surface area is 69.8 Å². The fourth-order valence-electron chi connectivity index (χ4n) is 0.435. The zero-order valence-corrected chi connectivity index (χ0v) is 6.92. The highest BCUT2D eigenvalue weighted by Gasteiger charge is 2.07. The number of alkyl halides is 2. The Balaban J connectivity index is 2.89. The molecule has 1 aromatic heterocycles. The van der Waals surface area contributed by atoms with Crippen molar-refractivity contribution in [3.05, 3.63) is 21.8 Å². The molecule has 0 aliphatic carbocycles. The van der Waals surface area contributed by atoms with Crippen LogP contribution in [0.3, 0.4) is 0 Å². The first-order valence-electron chi connectivity index (χ1n) is 2.46. The Bertz CT molecular complexity index is 211. The summed E-state index contributed by atoms with van der Waals surface area (Å²) in [5.74, 6) is 0. The van der Waals surface area contributed by atoms with Gasteiger partial charge >= 0.3 is 0 Å². The topological polar surface area (TPSA) is 25.8 Å². The number of halogens is 3. The lowest BCUT2D eigenvalue weighted by atomic mass is 10.5. The lowest BCUT2D eigenvalue weighted by Gasteiger charge is -1.95. The van der Waals surface area contributed by atoms with Crippen molar-refractivity contribution < 1.29 is 8.78 Å². The van der Waals surface area contributed by atoms with Gasteiger partial charge in [-0.3, -0.25) is 4.98 Å². The zero-order valence-electron chi connectivity index (χ0n) is 4.76. The second kappa shape index (κ2) is 3.18. The number of hydrogen-bond acceptors (Lipinski definition) is 2. The molecule has 1 aromatic rings. The molecule has 0 fully saturated rings. The van der Waals surface area contributed by atoms with Crippen LogP contribution in [0.2, 0.25) is 0 Å². The summed E-state index contributed by atoms with van der Waals surface area (Å²) in [6, 6.07) is 0. The minimum atomic E-state index is -2.52. The van der Waals surface area contributed by atoms with E-state index in [1.54, 1.807) is 0 Å². The maximum absolute atomic E-state index is 11.8. The average Bonchev–Trinajstić information content (AvgIpc) is 1.88. The predicted octanol–water partition coefficient (Wildman–Crippen LogP) is 2.02. The van der Waals surface area contributed by atoms with E-state index in [9.17, 15) is 8.78 Å². The van der Waals surface area contributed by atoms with Crippen molar-refractivity contribution in [1.82, 2.24) is 9.97 Å². The molecule has 0 aliphatic rings. The number of aromatic nitrogens is 2. The van der Waals surface area contributed by atoms with E-state index in [1.165, 1.54) is 6.20 Å². The monoisotopic (exact) mass is 256 g/mol. The predicted molar refractivity (Wildman–Crippen MR) is 39.7 cm³/mol. The second-order valence-electron chi connectivity index (χ2n) is 1.56. The quantitative estimate of drug-likeness (QED) is 0.718. The van der Waals surface area contributed by atoms with Crippen LogP contribution in [0.4, 0.5) is 8.78 Å². The molecule has 2 nitrogen and oxygen atoms in total. The Morgan fingerprint density at radius 2 is 2.00 bits per heavy atom. The molecule has 0 aliphatic heterocycles. The van der Waals surface area contributed by atoms with E-state index in [-0.39, 0.29) is 5.69 Å². The van der Waals surface area contributed by atoms with Crippen LogP contribution in [0.5, 0.6) is 0 Å². The second-order valence-corrected chi connectivity index (χ2v) is 2.67. The van der Waals surface area contributed by atoms with Gasteiger partial charge in [0.25, 0.3) is 6.43 Å². The van der Waals surface area contributed by atoms with Gasteiger partial charge in [0.2, 0.25) is 0 Å². The molecule has 0 spiro atoms. The molecule has 0 N–H and O–H groups in total. The molecule has 0 amide bonds. The summed E-state index contributed by atoms with van der Waals surface area (Å²) in [7, 11) is 0. The highest BCUT2D eigenvalue weighted by atomic mass is 127. The Hall–Kier alpha value is -0.330. The molecule has 1 heterocycles. The SMILES string of the molecule is FC(F)c1cnc(I)cn1. The van der Waals surface area contributed by atoms with Crippen molar-refractivity contribution in [3.8, 4) is 0 Å². The molecular weight excluding hydrogens is 253 g/mol. The molecular formula is C5H3F2IN2. The van der Waals surface area contributed by atoms with E-state index in [1.807, 2.05) is 22.6 Å². The summed E-state index contributed by atoms with van der Waals surface area (Å²) in [4.78, 5) is 7.10. The van der Waals surface area contributed by atoms with Gasteiger partial charge in [-0.1, -0.05) is 0 Å². The molecule has 0 aromatic carbocycles. The normalized spacial score (nSPS) is 10.4. The highest BCUT2D eigenvalue weighted by molar-refractivity contribution is 14.1. The van der Waals surface area contributed by atoms with E-state index in [2.05, 4.69) is 9.97 Å².